The van der Waals surface area contributed by atoms with Crippen LogP contribution in [0.5, 0.6) is 0 Å². The van der Waals surface area contributed by atoms with Crippen LogP contribution in [-0.2, 0) is 0 Å². The van der Waals surface area contributed by atoms with Gasteiger partial charge in [-0.05, 0) is 96.4 Å². The molecule has 0 saturated heterocycles. The molecule has 2 aromatic heterocycles. The number of para-hydroxylation sites is 1. The SMILES string of the molecule is C1=CCC(N(c2ccccc2)c2cccc3sc4ccc(N(c5ccc(-c6ccccc6)cc5)c5ccc6sc7ccccc7c6c5)cc4c23)C=C1. The van der Waals surface area contributed by atoms with Crippen LogP contribution in [0.15, 0.2) is 188 Å². The molecule has 0 spiro atoms. The highest BCUT2D eigenvalue weighted by Crippen LogP contribution is 2.47. The van der Waals surface area contributed by atoms with Crippen molar-refractivity contribution < 1.29 is 0 Å². The third kappa shape index (κ3) is 5.39. The van der Waals surface area contributed by atoms with Gasteiger partial charge in [0.1, 0.15) is 0 Å². The van der Waals surface area contributed by atoms with Crippen LogP contribution >= 0.6 is 22.7 Å². The van der Waals surface area contributed by atoms with Crippen molar-refractivity contribution in [3.05, 3.63) is 188 Å². The fraction of sp³-hybridized carbons (Fsp3) is 0.0417. The Bertz CT molecular complexity index is 2770. The molecular weight excluding hydrogens is 669 g/mol. The van der Waals surface area contributed by atoms with Crippen LogP contribution in [0.25, 0.3) is 51.5 Å². The Balaban J connectivity index is 1.17. The molecule has 7 aromatic carbocycles. The standard InChI is InChI=1S/C48H34N2S2/c1-4-13-33(14-5-1)34-23-25-37(26-24-34)49(38-27-29-45-41(31-38)40-19-10-11-21-44(40)51-45)39-28-30-46-42(32-39)48-43(20-12-22-47(48)52-46)50(35-15-6-2-7-16-35)36-17-8-3-9-18-36/h1-17,19-32,36H,18H2. The van der Waals surface area contributed by atoms with E-state index in [2.05, 4.69) is 198 Å². The summed E-state index contributed by atoms with van der Waals surface area (Å²) in [5.41, 5.74) is 8.28. The molecule has 0 bridgehead atoms. The maximum Gasteiger partial charge on any atom is 0.0560 e. The molecule has 0 N–H and O–H groups in total. The molecule has 0 aliphatic heterocycles. The fourth-order valence-electron chi connectivity index (χ4n) is 7.73. The van der Waals surface area contributed by atoms with Crippen LogP contribution in [0.2, 0.25) is 0 Å². The van der Waals surface area contributed by atoms with E-state index in [0.717, 1.165) is 23.5 Å². The average Bonchev–Trinajstić information content (AvgIpc) is 3.78. The molecule has 0 amide bonds. The molecule has 0 fully saturated rings. The highest BCUT2D eigenvalue weighted by Gasteiger charge is 2.23. The van der Waals surface area contributed by atoms with Crippen molar-refractivity contribution in [2.45, 2.75) is 12.5 Å². The Morgan fingerprint density at radius 3 is 1.83 bits per heavy atom. The Morgan fingerprint density at radius 2 is 1.06 bits per heavy atom. The van der Waals surface area contributed by atoms with E-state index in [1.807, 2.05) is 22.7 Å². The van der Waals surface area contributed by atoms with Crippen LogP contribution in [-0.4, -0.2) is 6.04 Å². The third-order valence-corrected chi connectivity index (χ3v) is 12.4. The normalized spacial score (nSPS) is 14.1. The predicted octanol–water partition coefficient (Wildman–Crippen LogP) is 14.6. The van der Waals surface area contributed by atoms with Gasteiger partial charge < -0.3 is 9.80 Å². The summed E-state index contributed by atoms with van der Waals surface area (Å²) in [4.78, 5) is 4.95. The van der Waals surface area contributed by atoms with E-state index in [4.69, 9.17) is 0 Å². The van der Waals surface area contributed by atoms with Crippen molar-refractivity contribution in [1.29, 1.82) is 0 Å². The molecule has 1 aliphatic carbocycles. The van der Waals surface area contributed by atoms with E-state index in [9.17, 15) is 0 Å². The van der Waals surface area contributed by atoms with E-state index in [0.29, 0.717) is 0 Å². The number of hydrogen-bond acceptors (Lipinski definition) is 4. The van der Waals surface area contributed by atoms with E-state index in [-0.39, 0.29) is 6.04 Å². The van der Waals surface area contributed by atoms with E-state index < -0.39 is 0 Å². The lowest BCUT2D eigenvalue weighted by atomic mass is 10.0. The van der Waals surface area contributed by atoms with Crippen LogP contribution in [0, 0.1) is 0 Å². The number of benzene rings is 7. The number of nitrogens with zero attached hydrogens (tertiary/aromatic N) is 2. The molecule has 2 heterocycles. The minimum absolute atomic E-state index is 0.225. The van der Waals surface area contributed by atoms with Crippen LogP contribution < -0.4 is 9.80 Å². The zero-order valence-corrected chi connectivity index (χ0v) is 30.0. The lowest BCUT2D eigenvalue weighted by Crippen LogP contribution is -2.29. The molecule has 0 radical (unpaired) electrons. The first-order valence-corrected chi connectivity index (χ1v) is 19.4. The number of allylic oxidation sites excluding steroid dienone is 2. The second-order valence-electron chi connectivity index (χ2n) is 13.3. The molecule has 2 nitrogen and oxygen atoms in total. The van der Waals surface area contributed by atoms with Gasteiger partial charge in [-0.15, -0.1) is 22.7 Å². The summed E-state index contributed by atoms with van der Waals surface area (Å²) in [6.07, 6.45) is 9.91. The summed E-state index contributed by atoms with van der Waals surface area (Å²) in [7, 11) is 0. The number of rotatable bonds is 7. The maximum absolute atomic E-state index is 2.52. The van der Waals surface area contributed by atoms with Gasteiger partial charge in [0.25, 0.3) is 0 Å². The van der Waals surface area contributed by atoms with Crippen molar-refractivity contribution in [3.8, 4) is 11.1 Å². The first-order valence-electron chi connectivity index (χ1n) is 17.8. The molecule has 9 aromatic rings. The van der Waals surface area contributed by atoms with Crippen LogP contribution in [0.3, 0.4) is 0 Å². The molecule has 4 heteroatoms. The van der Waals surface area contributed by atoms with E-state index in [1.165, 1.54) is 62.8 Å². The molecule has 0 saturated carbocycles. The zero-order valence-electron chi connectivity index (χ0n) is 28.4. The number of thiophene rings is 2. The first kappa shape index (κ1) is 30.8. The lowest BCUT2D eigenvalue weighted by Gasteiger charge is -2.33. The molecule has 1 atom stereocenters. The summed E-state index contributed by atoms with van der Waals surface area (Å²) in [6, 6.07) is 60.2. The topological polar surface area (TPSA) is 6.48 Å². The molecule has 248 valence electrons. The van der Waals surface area contributed by atoms with Gasteiger partial charge in [-0.2, -0.15) is 0 Å². The second-order valence-corrected chi connectivity index (χ2v) is 15.4. The fourth-order valence-corrected chi connectivity index (χ4v) is 9.92. The molecule has 1 aliphatic rings. The smallest absolute Gasteiger partial charge is 0.0560 e. The number of anilines is 5. The average molecular weight is 703 g/mol. The van der Waals surface area contributed by atoms with Gasteiger partial charge in [0.15, 0.2) is 0 Å². The lowest BCUT2D eigenvalue weighted by molar-refractivity contribution is 0.787. The second kappa shape index (κ2) is 13.0. The van der Waals surface area contributed by atoms with Crippen molar-refractivity contribution in [1.82, 2.24) is 0 Å². The van der Waals surface area contributed by atoms with Gasteiger partial charge in [-0.1, -0.05) is 109 Å². The highest BCUT2D eigenvalue weighted by atomic mass is 32.1. The summed E-state index contributed by atoms with van der Waals surface area (Å²) in [5, 5.41) is 5.17. The van der Waals surface area contributed by atoms with E-state index in [1.54, 1.807) is 0 Å². The van der Waals surface area contributed by atoms with Crippen molar-refractivity contribution in [2.24, 2.45) is 0 Å². The number of fused-ring (bicyclic) bond motifs is 6. The van der Waals surface area contributed by atoms with Gasteiger partial charge in [-0.3, -0.25) is 0 Å². The highest BCUT2D eigenvalue weighted by molar-refractivity contribution is 7.26. The Morgan fingerprint density at radius 1 is 0.442 bits per heavy atom. The van der Waals surface area contributed by atoms with Crippen molar-refractivity contribution in [3.63, 3.8) is 0 Å². The molecular formula is C48H34N2S2. The Hall–Kier alpha value is -5.94. The van der Waals surface area contributed by atoms with Gasteiger partial charge in [-0.25, -0.2) is 0 Å². The van der Waals surface area contributed by atoms with Crippen molar-refractivity contribution >= 4 is 91.5 Å². The van der Waals surface area contributed by atoms with Gasteiger partial charge >= 0.3 is 0 Å². The van der Waals surface area contributed by atoms with Gasteiger partial charge in [0.2, 0.25) is 0 Å². The monoisotopic (exact) mass is 702 g/mol. The maximum atomic E-state index is 2.52. The van der Waals surface area contributed by atoms with Crippen molar-refractivity contribution in [2.75, 3.05) is 9.80 Å². The Labute approximate surface area is 311 Å². The summed E-state index contributed by atoms with van der Waals surface area (Å²) >= 11 is 3.74. The summed E-state index contributed by atoms with van der Waals surface area (Å²) in [6.45, 7) is 0. The molecule has 1 unspecified atom stereocenters. The predicted molar refractivity (Wildman–Crippen MR) is 228 cm³/mol. The minimum Gasteiger partial charge on any atom is -0.334 e. The van der Waals surface area contributed by atoms with Gasteiger partial charge in [0.05, 0.1) is 11.7 Å². The van der Waals surface area contributed by atoms with E-state index >= 15 is 0 Å². The zero-order chi connectivity index (χ0) is 34.4. The van der Waals surface area contributed by atoms with Gasteiger partial charge in [0, 0.05) is 63.1 Å². The minimum atomic E-state index is 0.225. The quantitative estimate of drug-likeness (QED) is 0.163. The molecule has 10 rings (SSSR count). The summed E-state index contributed by atoms with van der Waals surface area (Å²) < 4.78 is 5.21. The largest absolute Gasteiger partial charge is 0.334 e. The van der Waals surface area contributed by atoms with Crippen LogP contribution in [0.4, 0.5) is 28.4 Å². The first-order chi connectivity index (χ1) is 25.8. The Kier molecular flexibility index (Phi) is 7.71. The molecule has 52 heavy (non-hydrogen) atoms. The van der Waals surface area contributed by atoms with Crippen LogP contribution in [0.1, 0.15) is 6.42 Å². The third-order valence-electron chi connectivity index (χ3n) is 10.1. The summed E-state index contributed by atoms with van der Waals surface area (Å²) in [5.74, 6) is 0. The number of hydrogen-bond donors (Lipinski definition) is 0.